The number of amides is 1. The molecule has 2 aliphatic rings. The molecule has 126 valence electrons. The van der Waals surface area contributed by atoms with Gasteiger partial charge in [0.05, 0.1) is 17.3 Å². The number of benzene rings is 1. The van der Waals surface area contributed by atoms with Gasteiger partial charge in [0.1, 0.15) is 5.52 Å². The maximum atomic E-state index is 11.1. The number of nitrogens with zero attached hydrogens (tertiary/aromatic N) is 6. The fourth-order valence-corrected chi connectivity index (χ4v) is 3.83. The van der Waals surface area contributed by atoms with E-state index in [1.54, 1.807) is 0 Å². The lowest BCUT2D eigenvalue weighted by atomic mass is 10.2. The predicted molar refractivity (Wildman–Crippen MR) is 89.2 cm³/mol. The zero-order valence-electron chi connectivity index (χ0n) is 13.2. The first-order valence-electron chi connectivity index (χ1n) is 8.07. The number of carbonyl (C=O) groups excluding carboxylic acids is 1. The van der Waals surface area contributed by atoms with Crippen molar-refractivity contribution in [2.45, 2.75) is 18.5 Å². The molecular weight excluding hydrogens is 322 g/mol. The molecule has 9 nitrogen and oxygen atoms in total. The van der Waals surface area contributed by atoms with E-state index in [1.807, 2.05) is 12.1 Å². The third-order valence-corrected chi connectivity index (χ3v) is 4.99. The average molecular weight is 337 g/mol. The van der Waals surface area contributed by atoms with Crippen molar-refractivity contribution in [3.05, 3.63) is 36.2 Å². The fourth-order valence-electron chi connectivity index (χ4n) is 3.83. The molecule has 9 heteroatoms. The number of carbonyl (C=O) groups is 1. The number of rotatable bonds is 3. The normalized spacial score (nSPS) is 22.1. The molecule has 0 radical (unpaired) electrons. The molecule has 2 saturated heterocycles. The van der Waals surface area contributed by atoms with E-state index in [0.717, 1.165) is 36.2 Å². The molecule has 0 aliphatic carbocycles. The van der Waals surface area contributed by atoms with Crippen molar-refractivity contribution in [1.82, 2.24) is 20.3 Å². The van der Waals surface area contributed by atoms with Gasteiger partial charge in [-0.1, -0.05) is 6.07 Å². The van der Waals surface area contributed by atoms with E-state index >= 15 is 0 Å². The van der Waals surface area contributed by atoms with Gasteiger partial charge in [-0.2, -0.15) is 0 Å². The van der Waals surface area contributed by atoms with Crippen LogP contribution < -0.4 is 15.5 Å². The van der Waals surface area contributed by atoms with Crippen molar-refractivity contribution in [1.29, 1.82) is 0 Å². The Morgan fingerprint density at radius 1 is 1.12 bits per heavy atom. The lowest BCUT2D eigenvalue weighted by Crippen LogP contribution is -2.47. The van der Waals surface area contributed by atoms with E-state index in [0.29, 0.717) is 23.6 Å². The minimum atomic E-state index is -0.519. The Kier molecular flexibility index (Phi) is 2.90. The highest BCUT2D eigenvalue weighted by Gasteiger charge is 2.45. The highest BCUT2D eigenvalue weighted by Crippen LogP contribution is 2.38. The van der Waals surface area contributed by atoms with Crippen molar-refractivity contribution in [2.24, 2.45) is 5.73 Å². The van der Waals surface area contributed by atoms with E-state index in [-0.39, 0.29) is 0 Å². The molecule has 2 aliphatic heterocycles. The van der Waals surface area contributed by atoms with E-state index in [2.05, 4.69) is 36.1 Å². The molecule has 2 N–H and O–H groups in total. The van der Waals surface area contributed by atoms with Crippen LogP contribution in [0.15, 0.2) is 35.2 Å². The molecule has 2 bridgehead atoms. The number of fused-ring (bicyclic) bond motifs is 3. The molecule has 4 heterocycles. The molecule has 2 atom stereocenters. The molecular formula is C16H15N7O2. The monoisotopic (exact) mass is 337 g/mol. The number of primary amides is 1. The van der Waals surface area contributed by atoms with E-state index in [1.165, 1.54) is 12.4 Å². The number of hydrogen-bond acceptors (Lipinski definition) is 8. The van der Waals surface area contributed by atoms with Crippen LogP contribution in [-0.2, 0) is 0 Å². The Labute approximate surface area is 142 Å². The second-order valence-corrected chi connectivity index (χ2v) is 6.39. The fraction of sp³-hybridized carbons (Fsp3) is 0.312. The first kappa shape index (κ1) is 14.1. The summed E-state index contributed by atoms with van der Waals surface area (Å²) in [6.07, 6.45) is 4.00. The molecule has 25 heavy (non-hydrogen) atoms. The van der Waals surface area contributed by atoms with Crippen LogP contribution >= 0.6 is 0 Å². The summed E-state index contributed by atoms with van der Waals surface area (Å²) in [4.78, 5) is 24.3. The first-order valence-corrected chi connectivity index (χ1v) is 8.07. The minimum Gasteiger partial charge on any atom is -0.366 e. The zero-order chi connectivity index (χ0) is 17.0. The van der Waals surface area contributed by atoms with Gasteiger partial charge in [0.2, 0.25) is 5.95 Å². The van der Waals surface area contributed by atoms with Crippen LogP contribution in [0.1, 0.15) is 16.8 Å². The third-order valence-electron chi connectivity index (χ3n) is 4.99. The molecule has 0 saturated carbocycles. The van der Waals surface area contributed by atoms with Crippen molar-refractivity contribution < 1.29 is 9.42 Å². The molecule has 1 aromatic carbocycles. The minimum absolute atomic E-state index is 0.319. The molecule has 2 fully saturated rings. The number of piperazine rings is 1. The number of aromatic nitrogens is 4. The molecule has 0 spiro atoms. The lowest BCUT2D eigenvalue weighted by molar-refractivity contribution is 0.0999. The van der Waals surface area contributed by atoms with Gasteiger partial charge in [-0.25, -0.2) is 14.6 Å². The Hall–Kier alpha value is -3.23. The van der Waals surface area contributed by atoms with Gasteiger partial charge in [-0.05, 0) is 28.9 Å². The smallest absolute Gasteiger partial charge is 0.251 e. The topological polar surface area (TPSA) is 114 Å². The summed E-state index contributed by atoms with van der Waals surface area (Å²) in [5, 5.41) is 7.96. The van der Waals surface area contributed by atoms with Crippen LogP contribution in [0.2, 0.25) is 0 Å². The highest BCUT2D eigenvalue weighted by atomic mass is 16.6. The number of hydrogen-bond donors (Lipinski definition) is 1. The first-order chi connectivity index (χ1) is 12.2. The van der Waals surface area contributed by atoms with Gasteiger partial charge in [-0.15, -0.1) is 0 Å². The van der Waals surface area contributed by atoms with Crippen molar-refractivity contribution in [2.75, 3.05) is 22.9 Å². The van der Waals surface area contributed by atoms with Crippen LogP contribution in [0.4, 0.5) is 11.6 Å². The summed E-state index contributed by atoms with van der Waals surface area (Å²) in [6, 6.07) is 6.59. The lowest BCUT2D eigenvalue weighted by Gasteiger charge is -2.35. The standard InChI is InChI=1S/C16H15N7O2/c17-15(24)9-5-18-16(19-6-9)23-8-10-4-11(23)7-22(10)13-3-1-2-12-14(13)21-25-20-12/h1-3,5-6,10-11H,4,7-8H2,(H2,17,24). The second-order valence-electron chi connectivity index (χ2n) is 6.39. The largest absolute Gasteiger partial charge is 0.366 e. The van der Waals surface area contributed by atoms with Gasteiger partial charge in [0, 0.05) is 31.5 Å². The Morgan fingerprint density at radius 2 is 1.88 bits per heavy atom. The van der Waals surface area contributed by atoms with Crippen molar-refractivity contribution in [3.63, 3.8) is 0 Å². The molecule has 2 unspecified atom stereocenters. The highest BCUT2D eigenvalue weighted by molar-refractivity contribution is 5.92. The summed E-state index contributed by atoms with van der Waals surface area (Å²) in [7, 11) is 0. The summed E-state index contributed by atoms with van der Waals surface area (Å²) in [6.45, 7) is 1.68. The van der Waals surface area contributed by atoms with Crippen LogP contribution in [0.3, 0.4) is 0 Å². The maximum absolute atomic E-state index is 11.1. The van der Waals surface area contributed by atoms with Crippen LogP contribution in [0.25, 0.3) is 11.0 Å². The molecule has 5 rings (SSSR count). The number of anilines is 2. The maximum Gasteiger partial charge on any atom is 0.251 e. The Morgan fingerprint density at radius 3 is 2.60 bits per heavy atom. The van der Waals surface area contributed by atoms with Crippen LogP contribution in [0.5, 0.6) is 0 Å². The van der Waals surface area contributed by atoms with Gasteiger partial charge in [0.15, 0.2) is 5.52 Å². The summed E-state index contributed by atoms with van der Waals surface area (Å²) in [5.74, 6) is 0.119. The Balaban J connectivity index is 1.40. The SMILES string of the molecule is NC(=O)c1cnc(N2CC3CC2CN3c2cccc3nonc23)nc1. The van der Waals surface area contributed by atoms with Crippen LogP contribution in [-0.4, -0.2) is 51.4 Å². The van der Waals surface area contributed by atoms with Gasteiger partial charge < -0.3 is 15.5 Å². The molecule has 3 aromatic rings. The predicted octanol–water partition coefficient (Wildman–Crippen LogP) is 0.579. The van der Waals surface area contributed by atoms with Crippen molar-refractivity contribution in [3.8, 4) is 0 Å². The molecule has 1 amide bonds. The quantitative estimate of drug-likeness (QED) is 0.738. The van der Waals surface area contributed by atoms with Gasteiger partial charge in [0.25, 0.3) is 5.91 Å². The van der Waals surface area contributed by atoms with E-state index in [4.69, 9.17) is 10.4 Å². The zero-order valence-corrected chi connectivity index (χ0v) is 13.2. The van der Waals surface area contributed by atoms with E-state index in [9.17, 15) is 4.79 Å². The van der Waals surface area contributed by atoms with E-state index < -0.39 is 5.91 Å². The third kappa shape index (κ3) is 2.12. The van der Waals surface area contributed by atoms with Gasteiger partial charge >= 0.3 is 0 Å². The second kappa shape index (κ2) is 5.13. The Bertz CT molecular complexity index is 955. The summed E-state index contributed by atoms with van der Waals surface area (Å²) < 4.78 is 4.87. The summed E-state index contributed by atoms with van der Waals surface area (Å²) >= 11 is 0. The summed E-state index contributed by atoms with van der Waals surface area (Å²) in [5.41, 5.74) is 8.17. The average Bonchev–Trinajstić information content (AvgIpc) is 3.36. The number of nitrogens with two attached hydrogens (primary N) is 1. The van der Waals surface area contributed by atoms with Crippen molar-refractivity contribution >= 4 is 28.6 Å². The van der Waals surface area contributed by atoms with Gasteiger partial charge in [-0.3, -0.25) is 4.79 Å². The molecule has 2 aromatic heterocycles. The van der Waals surface area contributed by atoms with Crippen LogP contribution in [0, 0.1) is 0 Å².